The Morgan fingerprint density at radius 2 is 1.00 bits per heavy atom. The Morgan fingerprint density at radius 3 is 1.28 bits per heavy atom. The molecule has 0 aliphatic heterocycles. The Balaban J connectivity index is 3.27. The number of nitrogens with zero attached hydrogens (tertiary/aromatic N) is 2. The molecule has 0 bridgehead atoms. The van der Waals surface area contributed by atoms with E-state index in [1.54, 1.807) is 0 Å². The highest BCUT2D eigenvalue weighted by molar-refractivity contribution is 5.74. The quantitative estimate of drug-likeness (QED) is 0.376. The van der Waals surface area contributed by atoms with E-state index in [1.165, 1.54) is 14.1 Å². The lowest BCUT2D eigenvalue weighted by Gasteiger charge is -2.08. The molecule has 106 valence electrons. The van der Waals surface area contributed by atoms with Gasteiger partial charge in [-0.2, -0.15) is 0 Å². The smallest absolute Gasteiger partial charge is 0.245 e. The Hall–Kier alpha value is -1.14. The van der Waals surface area contributed by atoms with Crippen molar-refractivity contribution >= 4 is 11.8 Å². The van der Waals surface area contributed by atoms with Crippen molar-refractivity contribution in [3.63, 3.8) is 0 Å². The maximum atomic E-state index is 11.0. The van der Waals surface area contributed by atoms with Crippen LogP contribution in [-0.2, 0) is 9.59 Å². The van der Waals surface area contributed by atoms with Crippen molar-refractivity contribution in [3.8, 4) is 0 Å². The summed E-state index contributed by atoms with van der Waals surface area (Å²) in [4.78, 5) is 22.1. The molecule has 0 fully saturated rings. The van der Waals surface area contributed by atoms with Gasteiger partial charge in [0, 0.05) is 26.9 Å². The largest absolute Gasteiger partial charge is 0.286 e. The normalized spacial score (nSPS) is 10.2. The maximum Gasteiger partial charge on any atom is 0.245 e. The summed E-state index contributed by atoms with van der Waals surface area (Å²) in [7, 11) is 2.66. The number of hydrogen-bond acceptors (Lipinski definition) is 4. The van der Waals surface area contributed by atoms with Crippen LogP contribution in [0.15, 0.2) is 0 Å². The zero-order chi connectivity index (χ0) is 14.0. The average molecular weight is 260 g/mol. The number of carbonyl (C=O) groups excluding carboxylic acids is 2. The molecule has 2 amide bonds. The summed E-state index contributed by atoms with van der Waals surface area (Å²) in [5, 5.41) is 18.9. The minimum atomic E-state index is -0.258. The molecular formula is C12H24N2O4. The minimum absolute atomic E-state index is 0.258. The summed E-state index contributed by atoms with van der Waals surface area (Å²) in [5.41, 5.74) is 0. The van der Waals surface area contributed by atoms with Crippen LogP contribution in [0.2, 0.25) is 0 Å². The van der Waals surface area contributed by atoms with Crippen molar-refractivity contribution in [2.75, 3.05) is 14.1 Å². The van der Waals surface area contributed by atoms with E-state index in [2.05, 4.69) is 0 Å². The fraction of sp³-hybridized carbons (Fsp3) is 0.833. The zero-order valence-corrected chi connectivity index (χ0v) is 11.3. The summed E-state index contributed by atoms with van der Waals surface area (Å²) >= 11 is 0. The van der Waals surface area contributed by atoms with Gasteiger partial charge in [0.05, 0.1) is 0 Å². The van der Waals surface area contributed by atoms with Crippen LogP contribution in [0.4, 0.5) is 0 Å². The van der Waals surface area contributed by atoms with Gasteiger partial charge in [0.25, 0.3) is 0 Å². The van der Waals surface area contributed by atoms with Crippen molar-refractivity contribution < 1.29 is 20.0 Å². The van der Waals surface area contributed by atoms with Crippen molar-refractivity contribution in [1.82, 2.24) is 10.1 Å². The monoisotopic (exact) mass is 260 g/mol. The summed E-state index contributed by atoms with van der Waals surface area (Å²) in [5.74, 6) is -0.516. The van der Waals surface area contributed by atoms with Gasteiger partial charge < -0.3 is 0 Å². The molecule has 0 heterocycles. The SMILES string of the molecule is CN(O)C(=O)CCCCCCCCC(=O)N(C)O. The predicted molar refractivity (Wildman–Crippen MR) is 66.0 cm³/mol. The molecule has 0 aromatic heterocycles. The number of rotatable bonds is 9. The van der Waals surface area contributed by atoms with E-state index < -0.39 is 0 Å². The first kappa shape index (κ1) is 16.9. The molecule has 0 saturated carbocycles. The van der Waals surface area contributed by atoms with Crippen LogP contribution in [0.5, 0.6) is 0 Å². The molecular weight excluding hydrogens is 236 g/mol. The third kappa shape index (κ3) is 8.95. The van der Waals surface area contributed by atoms with Gasteiger partial charge in [0.2, 0.25) is 11.8 Å². The van der Waals surface area contributed by atoms with Gasteiger partial charge in [-0.3, -0.25) is 20.0 Å². The first-order valence-corrected chi connectivity index (χ1v) is 6.36. The van der Waals surface area contributed by atoms with E-state index in [4.69, 9.17) is 10.4 Å². The average Bonchev–Trinajstić information content (AvgIpc) is 2.31. The fourth-order valence-corrected chi connectivity index (χ4v) is 1.58. The van der Waals surface area contributed by atoms with E-state index in [-0.39, 0.29) is 11.8 Å². The fourth-order valence-electron chi connectivity index (χ4n) is 1.58. The molecule has 0 aromatic rings. The zero-order valence-electron chi connectivity index (χ0n) is 11.3. The van der Waals surface area contributed by atoms with Crippen LogP contribution in [-0.4, -0.2) is 46.5 Å². The second kappa shape index (κ2) is 9.85. The molecule has 0 aliphatic rings. The number of carbonyl (C=O) groups is 2. The lowest BCUT2D eigenvalue weighted by atomic mass is 10.1. The maximum absolute atomic E-state index is 11.0. The molecule has 2 N–H and O–H groups in total. The molecule has 0 radical (unpaired) electrons. The molecule has 0 unspecified atom stereocenters. The third-order valence-electron chi connectivity index (χ3n) is 2.75. The minimum Gasteiger partial charge on any atom is -0.286 e. The third-order valence-corrected chi connectivity index (χ3v) is 2.75. The Kier molecular flexibility index (Phi) is 9.22. The van der Waals surface area contributed by atoms with E-state index in [0.29, 0.717) is 23.0 Å². The second-order valence-electron chi connectivity index (χ2n) is 4.46. The molecule has 6 heteroatoms. The van der Waals surface area contributed by atoms with Crippen LogP contribution in [0.3, 0.4) is 0 Å². The molecule has 0 spiro atoms. The number of unbranched alkanes of at least 4 members (excludes halogenated alkanes) is 5. The Morgan fingerprint density at radius 1 is 0.722 bits per heavy atom. The second-order valence-corrected chi connectivity index (χ2v) is 4.46. The first-order chi connectivity index (χ1) is 8.45. The van der Waals surface area contributed by atoms with Crippen molar-refractivity contribution in [3.05, 3.63) is 0 Å². The number of hydroxylamine groups is 4. The molecule has 0 aromatic carbocycles. The molecule has 0 aliphatic carbocycles. The van der Waals surface area contributed by atoms with Crippen LogP contribution >= 0.6 is 0 Å². The summed E-state index contributed by atoms with van der Waals surface area (Å²) in [6.07, 6.45) is 6.25. The van der Waals surface area contributed by atoms with E-state index in [9.17, 15) is 9.59 Å². The van der Waals surface area contributed by atoms with Crippen molar-refractivity contribution in [2.45, 2.75) is 51.4 Å². The first-order valence-electron chi connectivity index (χ1n) is 6.36. The Bertz CT molecular complexity index is 228. The van der Waals surface area contributed by atoms with Gasteiger partial charge >= 0.3 is 0 Å². The van der Waals surface area contributed by atoms with E-state index in [1.807, 2.05) is 0 Å². The van der Waals surface area contributed by atoms with Gasteiger partial charge in [-0.25, -0.2) is 10.1 Å². The van der Waals surface area contributed by atoms with Gasteiger partial charge in [0.1, 0.15) is 0 Å². The lowest BCUT2D eigenvalue weighted by Crippen LogP contribution is -2.21. The van der Waals surface area contributed by atoms with Crippen molar-refractivity contribution in [1.29, 1.82) is 0 Å². The van der Waals surface area contributed by atoms with Crippen LogP contribution in [0.25, 0.3) is 0 Å². The van der Waals surface area contributed by atoms with Crippen LogP contribution in [0.1, 0.15) is 51.4 Å². The summed E-state index contributed by atoms with van der Waals surface area (Å²) < 4.78 is 0. The molecule has 0 saturated heterocycles. The number of amides is 2. The highest BCUT2D eigenvalue weighted by Gasteiger charge is 2.05. The van der Waals surface area contributed by atoms with E-state index >= 15 is 0 Å². The number of hydrogen-bond donors (Lipinski definition) is 2. The van der Waals surface area contributed by atoms with Crippen LogP contribution in [0, 0.1) is 0 Å². The molecule has 0 atom stereocenters. The Labute approximate surface area is 108 Å². The standard InChI is InChI=1S/C12H24N2O4/c1-13(17)11(15)9-7-5-3-4-6-8-10-12(16)14(2)18/h17-18H,3-10H2,1-2H3. The van der Waals surface area contributed by atoms with Gasteiger partial charge in [-0.1, -0.05) is 25.7 Å². The highest BCUT2D eigenvalue weighted by Crippen LogP contribution is 2.09. The summed E-state index contributed by atoms with van der Waals surface area (Å²) in [6, 6.07) is 0. The van der Waals surface area contributed by atoms with Gasteiger partial charge in [-0.15, -0.1) is 0 Å². The van der Waals surface area contributed by atoms with Crippen LogP contribution < -0.4 is 0 Å². The lowest BCUT2D eigenvalue weighted by molar-refractivity contribution is -0.159. The van der Waals surface area contributed by atoms with Gasteiger partial charge in [-0.05, 0) is 12.8 Å². The highest BCUT2D eigenvalue weighted by atomic mass is 16.5. The molecule has 0 rings (SSSR count). The predicted octanol–water partition coefficient (Wildman–Crippen LogP) is 1.80. The molecule has 18 heavy (non-hydrogen) atoms. The summed E-state index contributed by atoms with van der Waals surface area (Å²) in [6.45, 7) is 0. The van der Waals surface area contributed by atoms with Gasteiger partial charge in [0.15, 0.2) is 0 Å². The van der Waals surface area contributed by atoms with Crippen molar-refractivity contribution in [2.24, 2.45) is 0 Å². The van der Waals surface area contributed by atoms with E-state index in [0.717, 1.165) is 38.5 Å². The molecule has 6 nitrogen and oxygen atoms in total. The topological polar surface area (TPSA) is 81.1 Å².